The monoisotopic (exact) mass is 264 g/mol. The molecule has 1 rings (SSSR count). The first-order valence-corrected chi connectivity index (χ1v) is 7.01. The van der Waals surface area contributed by atoms with E-state index in [9.17, 15) is 0 Å². The number of likely N-dealkylation sites (N-methyl/N-ethyl adjacent to an activating group) is 2. The van der Waals surface area contributed by atoms with E-state index in [1.165, 1.54) is 5.56 Å². The number of aromatic nitrogens is 1. The smallest absolute Gasteiger partial charge is 0.132 e. The Morgan fingerprint density at radius 2 is 1.95 bits per heavy atom. The van der Waals surface area contributed by atoms with Crippen LogP contribution in [0.15, 0.2) is 18.3 Å². The summed E-state index contributed by atoms with van der Waals surface area (Å²) in [5, 5.41) is 3.48. The molecule has 0 aliphatic carbocycles. The molecule has 1 aromatic heterocycles. The highest BCUT2D eigenvalue weighted by molar-refractivity contribution is 5.45. The molecule has 1 aromatic rings. The molecule has 0 bridgehead atoms. The molecular weight excluding hydrogens is 236 g/mol. The van der Waals surface area contributed by atoms with Crippen molar-refractivity contribution in [2.75, 3.05) is 45.7 Å². The third-order valence-electron chi connectivity index (χ3n) is 2.98. The minimum atomic E-state index is 0.673. The van der Waals surface area contributed by atoms with Crippen molar-refractivity contribution in [1.82, 2.24) is 15.2 Å². The van der Waals surface area contributed by atoms with Crippen molar-refractivity contribution in [3.05, 3.63) is 23.9 Å². The fraction of sp³-hybridized carbons (Fsp3) is 0.667. The average molecular weight is 264 g/mol. The van der Waals surface area contributed by atoms with Crippen molar-refractivity contribution in [3.63, 3.8) is 0 Å². The predicted octanol–water partition coefficient (Wildman–Crippen LogP) is 1.82. The molecule has 108 valence electrons. The van der Waals surface area contributed by atoms with Gasteiger partial charge in [0.05, 0.1) is 0 Å². The number of pyridine rings is 1. The molecule has 0 spiro atoms. The highest BCUT2D eigenvalue weighted by Crippen LogP contribution is 2.15. The van der Waals surface area contributed by atoms with Crippen molar-refractivity contribution >= 4 is 5.82 Å². The molecule has 0 saturated heterocycles. The summed E-state index contributed by atoms with van der Waals surface area (Å²) in [7, 11) is 6.30. The van der Waals surface area contributed by atoms with Crippen LogP contribution in [0.25, 0.3) is 0 Å². The maximum absolute atomic E-state index is 4.52. The fourth-order valence-electron chi connectivity index (χ4n) is 1.86. The number of hydrogen-bond acceptors (Lipinski definition) is 4. The van der Waals surface area contributed by atoms with Crippen LogP contribution in [0.2, 0.25) is 0 Å². The van der Waals surface area contributed by atoms with E-state index >= 15 is 0 Å². The first-order chi connectivity index (χ1) is 9.00. The lowest BCUT2D eigenvalue weighted by molar-refractivity contribution is 0.416. The lowest BCUT2D eigenvalue weighted by atomic mass is 10.2. The number of nitrogens with one attached hydrogen (secondary N) is 1. The zero-order valence-electron chi connectivity index (χ0n) is 13.0. The Morgan fingerprint density at radius 3 is 2.58 bits per heavy atom. The van der Waals surface area contributed by atoms with Crippen LogP contribution in [0.3, 0.4) is 0 Å². The number of anilines is 1. The number of hydrogen-bond donors (Lipinski definition) is 1. The summed E-state index contributed by atoms with van der Waals surface area (Å²) >= 11 is 0. The van der Waals surface area contributed by atoms with E-state index in [0.717, 1.165) is 32.0 Å². The number of rotatable bonds is 8. The Hall–Kier alpha value is -1.13. The normalized spacial score (nSPS) is 11.3. The second-order valence-electron chi connectivity index (χ2n) is 5.74. The molecule has 19 heavy (non-hydrogen) atoms. The van der Waals surface area contributed by atoms with E-state index in [2.05, 4.69) is 61.2 Å². The molecule has 0 fully saturated rings. The molecule has 0 atom stereocenters. The van der Waals surface area contributed by atoms with Gasteiger partial charge in [-0.2, -0.15) is 0 Å². The van der Waals surface area contributed by atoms with Gasteiger partial charge in [-0.15, -0.1) is 0 Å². The van der Waals surface area contributed by atoms with Crippen LogP contribution in [-0.2, 0) is 6.54 Å². The summed E-state index contributed by atoms with van der Waals surface area (Å²) in [5.74, 6) is 1.76. The van der Waals surface area contributed by atoms with Gasteiger partial charge in [-0.3, -0.25) is 0 Å². The second-order valence-corrected chi connectivity index (χ2v) is 5.74. The molecule has 4 heteroatoms. The summed E-state index contributed by atoms with van der Waals surface area (Å²) in [4.78, 5) is 8.94. The first-order valence-electron chi connectivity index (χ1n) is 7.01. The van der Waals surface area contributed by atoms with Crippen molar-refractivity contribution in [2.24, 2.45) is 5.92 Å². The van der Waals surface area contributed by atoms with Crippen LogP contribution in [0, 0.1) is 5.92 Å². The molecule has 1 N–H and O–H groups in total. The maximum atomic E-state index is 4.52. The standard InChI is InChI=1S/C15H28N4/c1-13(2)11-16-12-14-7-6-8-17-15(14)19(5)10-9-18(3)4/h6-8,13,16H,9-12H2,1-5H3. The van der Waals surface area contributed by atoms with Gasteiger partial charge in [0, 0.05) is 38.4 Å². The van der Waals surface area contributed by atoms with E-state index in [-0.39, 0.29) is 0 Å². The van der Waals surface area contributed by atoms with Crippen LogP contribution in [0.5, 0.6) is 0 Å². The Labute approximate surface area is 117 Å². The summed E-state index contributed by atoms with van der Waals surface area (Å²) in [6, 6.07) is 4.16. The molecule has 1 heterocycles. The van der Waals surface area contributed by atoms with E-state index in [1.54, 1.807) is 0 Å². The van der Waals surface area contributed by atoms with Gasteiger partial charge >= 0.3 is 0 Å². The molecule has 0 aliphatic heterocycles. The predicted molar refractivity (Wildman–Crippen MR) is 82.6 cm³/mol. The minimum Gasteiger partial charge on any atom is -0.358 e. The highest BCUT2D eigenvalue weighted by Gasteiger charge is 2.08. The molecule has 0 aromatic carbocycles. The van der Waals surface area contributed by atoms with Crippen molar-refractivity contribution < 1.29 is 0 Å². The Kier molecular flexibility index (Phi) is 6.81. The van der Waals surface area contributed by atoms with Crippen LogP contribution < -0.4 is 10.2 Å². The lowest BCUT2D eigenvalue weighted by Gasteiger charge is -2.23. The Bertz CT molecular complexity index is 363. The maximum Gasteiger partial charge on any atom is 0.132 e. The van der Waals surface area contributed by atoms with Gasteiger partial charge in [0.1, 0.15) is 5.82 Å². The van der Waals surface area contributed by atoms with Crippen LogP contribution >= 0.6 is 0 Å². The van der Waals surface area contributed by atoms with Crippen LogP contribution in [0.4, 0.5) is 5.82 Å². The second kappa shape index (κ2) is 8.12. The quantitative estimate of drug-likeness (QED) is 0.776. The summed E-state index contributed by atoms with van der Waals surface area (Å²) in [6.07, 6.45) is 1.87. The summed E-state index contributed by atoms with van der Waals surface area (Å²) < 4.78 is 0. The molecule has 4 nitrogen and oxygen atoms in total. The summed E-state index contributed by atoms with van der Waals surface area (Å²) in [6.45, 7) is 8.39. The van der Waals surface area contributed by atoms with E-state index in [4.69, 9.17) is 0 Å². The van der Waals surface area contributed by atoms with Gasteiger partial charge in [0.2, 0.25) is 0 Å². The minimum absolute atomic E-state index is 0.673. The third-order valence-corrected chi connectivity index (χ3v) is 2.98. The van der Waals surface area contributed by atoms with E-state index in [1.807, 2.05) is 12.3 Å². The molecule has 0 unspecified atom stereocenters. The summed E-state index contributed by atoms with van der Waals surface area (Å²) in [5.41, 5.74) is 1.27. The SMILES string of the molecule is CC(C)CNCc1cccnc1N(C)CCN(C)C. The Morgan fingerprint density at radius 1 is 1.21 bits per heavy atom. The van der Waals surface area contributed by atoms with Gasteiger partial charge in [-0.25, -0.2) is 4.98 Å². The fourth-order valence-corrected chi connectivity index (χ4v) is 1.86. The van der Waals surface area contributed by atoms with E-state index < -0.39 is 0 Å². The van der Waals surface area contributed by atoms with Crippen molar-refractivity contribution in [1.29, 1.82) is 0 Å². The lowest BCUT2D eigenvalue weighted by Crippen LogP contribution is -2.30. The number of nitrogens with zero attached hydrogens (tertiary/aromatic N) is 3. The molecule has 0 radical (unpaired) electrons. The largest absolute Gasteiger partial charge is 0.358 e. The van der Waals surface area contributed by atoms with Gasteiger partial charge in [-0.05, 0) is 32.6 Å². The highest BCUT2D eigenvalue weighted by atomic mass is 15.2. The molecular formula is C15H28N4. The van der Waals surface area contributed by atoms with Crippen LogP contribution in [-0.4, -0.2) is 50.7 Å². The molecule has 0 saturated carbocycles. The van der Waals surface area contributed by atoms with Crippen LogP contribution in [0.1, 0.15) is 19.4 Å². The van der Waals surface area contributed by atoms with Gasteiger partial charge in [0.15, 0.2) is 0 Å². The zero-order valence-corrected chi connectivity index (χ0v) is 13.0. The topological polar surface area (TPSA) is 31.4 Å². The molecule has 0 aliphatic rings. The van der Waals surface area contributed by atoms with Gasteiger partial charge in [0.25, 0.3) is 0 Å². The first kappa shape index (κ1) is 15.9. The Balaban J connectivity index is 2.61. The van der Waals surface area contributed by atoms with Crippen molar-refractivity contribution in [3.8, 4) is 0 Å². The van der Waals surface area contributed by atoms with Gasteiger partial charge < -0.3 is 15.1 Å². The van der Waals surface area contributed by atoms with E-state index in [0.29, 0.717) is 5.92 Å². The zero-order chi connectivity index (χ0) is 14.3. The van der Waals surface area contributed by atoms with Crippen molar-refractivity contribution in [2.45, 2.75) is 20.4 Å². The molecule has 0 amide bonds. The van der Waals surface area contributed by atoms with Gasteiger partial charge in [-0.1, -0.05) is 19.9 Å². The average Bonchev–Trinajstić information content (AvgIpc) is 2.36. The third kappa shape index (κ3) is 6.03.